The van der Waals surface area contributed by atoms with Crippen LogP contribution in [0.5, 0.6) is 5.75 Å². The molecule has 0 bridgehead atoms. The van der Waals surface area contributed by atoms with Crippen LogP contribution in [0.4, 0.5) is 5.69 Å². The average molecular weight is 446 g/mol. The van der Waals surface area contributed by atoms with Crippen molar-refractivity contribution in [2.45, 2.75) is 57.5 Å². The summed E-state index contributed by atoms with van der Waals surface area (Å²) in [6.07, 6.45) is 8.36. The lowest BCUT2D eigenvalue weighted by Gasteiger charge is -2.42. The number of para-hydroxylation sites is 1. The number of nitrogens with two attached hydrogens (primary N) is 1. The van der Waals surface area contributed by atoms with E-state index in [4.69, 9.17) is 15.5 Å². The van der Waals surface area contributed by atoms with Gasteiger partial charge in [0.2, 0.25) is 0 Å². The van der Waals surface area contributed by atoms with Gasteiger partial charge in [-0.05, 0) is 94.2 Å². The fourth-order valence-electron chi connectivity index (χ4n) is 5.01. The molecule has 4 rings (SSSR count). The Morgan fingerprint density at radius 2 is 1.88 bits per heavy atom. The number of hydrogen-bond donors (Lipinski definition) is 1. The predicted octanol–water partition coefficient (Wildman–Crippen LogP) is 5.07. The number of likely N-dealkylation sites (tertiary alicyclic amines) is 1. The van der Waals surface area contributed by atoms with Crippen LogP contribution in [0.1, 0.15) is 55.7 Å². The van der Waals surface area contributed by atoms with Crippen LogP contribution in [-0.4, -0.2) is 42.6 Å². The molecule has 5 heteroatoms. The van der Waals surface area contributed by atoms with Crippen LogP contribution in [0.25, 0.3) is 0 Å². The first-order chi connectivity index (χ1) is 15.9. The number of piperidine rings is 1. The third-order valence-corrected chi connectivity index (χ3v) is 7.27. The molecule has 1 heterocycles. The Morgan fingerprint density at radius 1 is 1.18 bits per heavy atom. The van der Waals surface area contributed by atoms with Gasteiger partial charge in [-0.15, -0.1) is 0 Å². The monoisotopic (exact) mass is 445 g/mol. The van der Waals surface area contributed by atoms with Crippen molar-refractivity contribution in [1.29, 1.82) is 0 Å². The van der Waals surface area contributed by atoms with E-state index in [2.05, 4.69) is 31.0 Å². The summed E-state index contributed by atoms with van der Waals surface area (Å²) in [6, 6.07) is 14.1. The predicted molar refractivity (Wildman–Crippen MR) is 135 cm³/mol. The fourth-order valence-corrected chi connectivity index (χ4v) is 5.01. The van der Waals surface area contributed by atoms with Crippen LogP contribution < -0.4 is 10.5 Å². The Balaban J connectivity index is 1.81. The second-order valence-corrected chi connectivity index (χ2v) is 9.45. The SMILES string of the molecule is CC(=O)C1(c2cc(C(C=CN)=Nc3ccccc3)cc(OC3CCN(C)CC3)c2C)CCC1. The number of allylic oxidation sites excluding steroid dienone is 1. The number of nitrogens with zero attached hydrogens (tertiary/aromatic N) is 2. The first-order valence-electron chi connectivity index (χ1n) is 12.0. The van der Waals surface area contributed by atoms with Gasteiger partial charge in [0, 0.05) is 18.7 Å². The minimum Gasteiger partial charge on any atom is -0.490 e. The van der Waals surface area contributed by atoms with Gasteiger partial charge in [0.1, 0.15) is 17.6 Å². The van der Waals surface area contributed by atoms with Gasteiger partial charge < -0.3 is 15.4 Å². The van der Waals surface area contributed by atoms with E-state index < -0.39 is 5.41 Å². The van der Waals surface area contributed by atoms with E-state index in [1.54, 1.807) is 6.92 Å². The molecule has 2 N–H and O–H groups in total. The van der Waals surface area contributed by atoms with Crippen LogP contribution in [0.3, 0.4) is 0 Å². The summed E-state index contributed by atoms with van der Waals surface area (Å²) in [7, 11) is 2.15. The van der Waals surface area contributed by atoms with E-state index in [-0.39, 0.29) is 11.9 Å². The lowest BCUT2D eigenvalue weighted by atomic mass is 9.61. The molecule has 1 aliphatic heterocycles. The van der Waals surface area contributed by atoms with E-state index >= 15 is 0 Å². The topological polar surface area (TPSA) is 67.9 Å². The van der Waals surface area contributed by atoms with Crippen molar-refractivity contribution in [3.63, 3.8) is 0 Å². The molecule has 174 valence electrons. The standard InChI is InChI=1S/C28H35N3O2/c1-20-25(28(21(2)32)13-7-14-28)18-22(19-27(20)33-24-11-16-31(3)17-12-24)26(10-15-29)30-23-8-5-4-6-9-23/h4-6,8-10,15,18-19,24H,7,11-14,16-17,29H2,1-3H3. The third-order valence-electron chi connectivity index (χ3n) is 7.27. The Morgan fingerprint density at radius 3 is 2.45 bits per heavy atom. The van der Waals surface area contributed by atoms with Crippen molar-refractivity contribution in [1.82, 2.24) is 4.90 Å². The maximum atomic E-state index is 12.8. The maximum Gasteiger partial charge on any atom is 0.140 e. The summed E-state index contributed by atoms with van der Waals surface area (Å²) in [5, 5.41) is 0. The summed E-state index contributed by atoms with van der Waals surface area (Å²) < 4.78 is 6.59. The van der Waals surface area contributed by atoms with Gasteiger partial charge in [0.25, 0.3) is 0 Å². The van der Waals surface area contributed by atoms with E-state index in [9.17, 15) is 4.79 Å². The molecule has 0 atom stereocenters. The van der Waals surface area contributed by atoms with Crippen molar-refractivity contribution in [2.75, 3.05) is 20.1 Å². The summed E-state index contributed by atoms with van der Waals surface area (Å²) >= 11 is 0. The number of ketones is 1. The van der Waals surface area contributed by atoms with Crippen molar-refractivity contribution >= 4 is 17.2 Å². The zero-order valence-corrected chi connectivity index (χ0v) is 20.0. The number of carbonyl (C=O) groups excluding carboxylic acids is 1. The van der Waals surface area contributed by atoms with E-state index in [1.165, 1.54) is 6.20 Å². The molecule has 1 aliphatic carbocycles. The Bertz CT molecular complexity index is 1050. The molecule has 0 spiro atoms. The quantitative estimate of drug-likeness (QED) is 0.604. The lowest BCUT2D eigenvalue weighted by molar-refractivity contribution is -0.125. The highest BCUT2D eigenvalue weighted by Gasteiger charge is 2.44. The zero-order valence-electron chi connectivity index (χ0n) is 20.0. The molecule has 2 aromatic carbocycles. The minimum atomic E-state index is -0.421. The minimum absolute atomic E-state index is 0.178. The molecular weight excluding hydrogens is 410 g/mol. The Kier molecular flexibility index (Phi) is 6.99. The van der Waals surface area contributed by atoms with Crippen molar-refractivity contribution in [2.24, 2.45) is 10.7 Å². The van der Waals surface area contributed by atoms with Gasteiger partial charge in [-0.2, -0.15) is 0 Å². The number of hydrogen-bond acceptors (Lipinski definition) is 5. The van der Waals surface area contributed by atoms with Crippen molar-refractivity contribution in [3.05, 3.63) is 71.4 Å². The molecule has 1 saturated heterocycles. The second kappa shape index (κ2) is 9.92. The number of Topliss-reactive ketones (excluding diaryl/α,β-unsaturated/α-hetero) is 1. The normalized spacial score (nSPS) is 19.4. The summed E-state index contributed by atoms with van der Waals surface area (Å²) in [4.78, 5) is 20.0. The first-order valence-corrected chi connectivity index (χ1v) is 12.0. The average Bonchev–Trinajstić information content (AvgIpc) is 2.77. The Labute approximate surface area is 197 Å². The van der Waals surface area contributed by atoms with Crippen molar-refractivity contribution < 1.29 is 9.53 Å². The van der Waals surface area contributed by atoms with Gasteiger partial charge in [0.05, 0.1) is 16.8 Å². The highest BCUT2D eigenvalue weighted by atomic mass is 16.5. The molecule has 33 heavy (non-hydrogen) atoms. The lowest BCUT2D eigenvalue weighted by Crippen LogP contribution is -2.42. The molecule has 2 fully saturated rings. The molecule has 1 saturated carbocycles. The molecule has 0 aromatic heterocycles. The van der Waals surface area contributed by atoms with Gasteiger partial charge in [-0.1, -0.05) is 24.6 Å². The van der Waals surface area contributed by atoms with Crippen LogP contribution in [0.2, 0.25) is 0 Å². The van der Waals surface area contributed by atoms with E-state index in [0.29, 0.717) is 0 Å². The highest BCUT2D eigenvalue weighted by Crippen LogP contribution is 2.48. The maximum absolute atomic E-state index is 12.8. The van der Waals surface area contributed by atoms with Gasteiger partial charge >= 0.3 is 0 Å². The number of rotatable bonds is 7. The summed E-state index contributed by atoms with van der Waals surface area (Å²) in [5.41, 5.74) is 10.1. The summed E-state index contributed by atoms with van der Waals surface area (Å²) in [5.74, 6) is 1.09. The first kappa shape index (κ1) is 23.2. The number of ether oxygens (including phenoxy) is 1. The van der Waals surface area contributed by atoms with E-state index in [1.807, 2.05) is 36.4 Å². The van der Waals surface area contributed by atoms with Crippen LogP contribution in [-0.2, 0) is 10.2 Å². The molecular formula is C28H35N3O2. The van der Waals surface area contributed by atoms with Crippen LogP contribution in [0, 0.1) is 6.92 Å². The number of aliphatic imine (C=N–C) groups is 1. The van der Waals surface area contributed by atoms with Gasteiger partial charge in [-0.3, -0.25) is 4.79 Å². The molecule has 0 radical (unpaired) electrons. The smallest absolute Gasteiger partial charge is 0.140 e. The van der Waals surface area contributed by atoms with Crippen molar-refractivity contribution in [3.8, 4) is 5.75 Å². The van der Waals surface area contributed by atoms with E-state index in [0.717, 1.165) is 79.0 Å². The highest BCUT2D eigenvalue weighted by molar-refractivity contribution is 6.10. The molecule has 0 amide bonds. The number of carbonyl (C=O) groups is 1. The third kappa shape index (κ3) is 4.88. The molecule has 2 aromatic rings. The van der Waals surface area contributed by atoms with Crippen LogP contribution >= 0.6 is 0 Å². The largest absolute Gasteiger partial charge is 0.490 e. The summed E-state index contributed by atoms with van der Waals surface area (Å²) in [6.45, 7) is 5.88. The van der Waals surface area contributed by atoms with Crippen LogP contribution in [0.15, 0.2) is 59.7 Å². The van der Waals surface area contributed by atoms with Gasteiger partial charge in [0.15, 0.2) is 0 Å². The molecule has 5 nitrogen and oxygen atoms in total. The molecule has 0 unspecified atom stereocenters. The zero-order chi connectivity index (χ0) is 23.4. The molecule has 2 aliphatic rings. The van der Waals surface area contributed by atoms with Gasteiger partial charge in [-0.25, -0.2) is 4.99 Å². The fraction of sp³-hybridized carbons (Fsp3) is 0.429. The Hall–Kier alpha value is -2.92. The number of benzene rings is 2. The second-order valence-electron chi connectivity index (χ2n) is 9.45.